The van der Waals surface area contributed by atoms with Gasteiger partial charge in [-0.3, -0.25) is 9.20 Å². The zero-order valence-corrected chi connectivity index (χ0v) is 13.2. The lowest BCUT2D eigenvalue weighted by Gasteiger charge is -2.19. The van der Waals surface area contributed by atoms with Crippen molar-refractivity contribution in [3.63, 3.8) is 0 Å². The molecule has 1 N–H and O–H groups in total. The van der Waals surface area contributed by atoms with E-state index in [9.17, 15) is 13.6 Å². The number of nitrogens with one attached hydrogen (secondary N) is 1. The standard InChI is InChI=1S/C17H15F2N5O/c18-11-2-3-15(13(19)8-11)23-7-4-12(9-23)21-16(25)14-10-24-6-1-5-20-17(24)22-14/h1-3,5-6,8,10,12H,4,7,9H2,(H,21,25)/t12-/m0/s1. The van der Waals surface area contributed by atoms with Crippen molar-refractivity contribution in [3.8, 4) is 0 Å². The Kier molecular flexibility index (Phi) is 3.79. The molecule has 1 atom stereocenters. The summed E-state index contributed by atoms with van der Waals surface area (Å²) in [5.41, 5.74) is 0.625. The highest BCUT2D eigenvalue weighted by molar-refractivity contribution is 5.93. The lowest BCUT2D eigenvalue weighted by molar-refractivity contribution is 0.0936. The summed E-state index contributed by atoms with van der Waals surface area (Å²) in [6, 6.07) is 5.14. The molecule has 1 aliphatic heterocycles. The maximum absolute atomic E-state index is 13.9. The third kappa shape index (κ3) is 3.02. The van der Waals surface area contributed by atoms with Crippen molar-refractivity contribution in [2.75, 3.05) is 18.0 Å². The number of rotatable bonds is 3. The molecule has 4 rings (SSSR count). The van der Waals surface area contributed by atoms with Crippen LogP contribution in [0.3, 0.4) is 0 Å². The van der Waals surface area contributed by atoms with Crippen LogP contribution in [-0.4, -0.2) is 39.4 Å². The first kappa shape index (κ1) is 15.5. The Morgan fingerprint density at radius 1 is 1.32 bits per heavy atom. The molecule has 1 aromatic carbocycles. The third-order valence-corrected chi connectivity index (χ3v) is 4.24. The first-order chi connectivity index (χ1) is 12.1. The minimum absolute atomic E-state index is 0.130. The van der Waals surface area contributed by atoms with E-state index in [0.717, 1.165) is 6.07 Å². The van der Waals surface area contributed by atoms with Gasteiger partial charge in [-0.1, -0.05) is 0 Å². The van der Waals surface area contributed by atoms with Crippen LogP contribution in [0.15, 0.2) is 42.9 Å². The van der Waals surface area contributed by atoms with E-state index in [1.54, 1.807) is 34.0 Å². The van der Waals surface area contributed by atoms with Gasteiger partial charge < -0.3 is 10.2 Å². The SMILES string of the molecule is O=C(N[C@H]1CCN(c2ccc(F)cc2F)C1)c1cn2cccnc2n1. The summed E-state index contributed by atoms with van der Waals surface area (Å²) in [7, 11) is 0. The molecule has 25 heavy (non-hydrogen) atoms. The monoisotopic (exact) mass is 343 g/mol. The highest BCUT2D eigenvalue weighted by atomic mass is 19.1. The second kappa shape index (κ2) is 6.12. The highest BCUT2D eigenvalue weighted by Gasteiger charge is 2.26. The molecular weight excluding hydrogens is 328 g/mol. The van der Waals surface area contributed by atoms with Gasteiger partial charge in [0.1, 0.15) is 17.3 Å². The maximum Gasteiger partial charge on any atom is 0.271 e. The van der Waals surface area contributed by atoms with E-state index < -0.39 is 11.6 Å². The zero-order chi connectivity index (χ0) is 17.4. The molecule has 1 fully saturated rings. The fourth-order valence-electron chi connectivity index (χ4n) is 3.03. The van der Waals surface area contributed by atoms with Crippen LogP contribution in [0, 0.1) is 11.6 Å². The maximum atomic E-state index is 13.9. The molecule has 1 aliphatic rings. The molecule has 3 aromatic rings. The number of imidazole rings is 1. The van der Waals surface area contributed by atoms with Crippen molar-refractivity contribution in [2.24, 2.45) is 0 Å². The summed E-state index contributed by atoms with van der Waals surface area (Å²) >= 11 is 0. The average molecular weight is 343 g/mol. The van der Waals surface area contributed by atoms with Gasteiger partial charge in [-0.05, 0) is 24.6 Å². The second-order valence-electron chi connectivity index (χ2n) is 5.95. The van der Waals surface area contributed by atoms with Crippen LogP contribution in [0.2, 0.25) is 0 Å². The number of anilines is 1. The van der Waals surface area contributed by atoms with Crippen molar-refractivity contribution in [2.45, 2.75) is 12.5 Å². The molecule has 8 heteroatoms. The van der Waals surface area contributed by atoms with E-state index in [1.807, 2.05) is 0 Å². The largest absolute Gasteiger partial charge is 0.367 e. The van der Waals surface area contributed by atoms with Gasteiger partial charge >= 0.3 is 0 Å². The highest BCUT2D eigenvalue weighted by Crippen LogP contribution is 2.24. The Morgan fingerprint density at radius 3 is 3.00 bits per heavy atom. The molecule has 0 aliphatic carbocycles. The minimum Gasteiger partial charge on any atom is -0.367 e. The number of carbonyl (C=O) groups is 1. The summed E-state index contributed by atoms with van der Waals surface area (Å²) in [6.07, 6.45) is 5.66. The molecule has 0 bridgehead atoms. The van der Waals surface area contributed by atoms with Crippen molar-refractivity contribution in [3.05, 3.63) is 60.2 Å². The average Bonchev–Trinajstić information content (AvgIpc) is 3.21. The number of carbonyl (C=O) groups excluding carboxylic acids is 1. The lowest BCUT2D eigenvalue weighted by atomic mass is 10.2. The van der Waals surface area contributed by atoms with Crippen molar-refractivity contribution < 1.29 is 13.6 Å². The van der Waals surface area contributed by atoms with Crippen LogP contribution in [0.25, 0.3) is 5.78 Å². The van der Waals surface area contributed by atoms with E-state index in [1.165, 1.54) is 12.1 Å². The Morgan fingerprint density at radius 2 is 2.20 bits per heavy atom. The molecule has 128 valence electrons. The number of benzene rings is 1. The van der Waals surface area contributed by atoms with E-state index in [0.29, 0.717) is 31.0 Å². The number of aromatic nitrogens is 3. The first-order valence-corrected chi connectivity index (χ1v) is 7.91. The number of amides is 1. The van der Waals surface area contributed by atoms with E-state index in [4.69, 9.17) is 0 Å². The number of nitrogens with zero attached hydrogens (tertiary/aromatic N) is 4. The van der Waals surface area contributed by atoms with Crippen LogP contribution in [0.5, 0.6) is 0 Å². The summed E-state index contributed by atoms with van der Waals surface area (Å²) in [6.45, 7) is 1.04. The predicted molar refractivity (Wildman–Crippen MR) is 87.4 cm³/mol. The van der Waals surface area contributed by atoms with Gasteiger partial charge in [0.15, 0.2) is 0 Å². The van der Waals surface area contributed by atoms with Gasteiger partial charge in [-0.15, -0.1) is 0 Å². The molecular formula is C17H15F2N5O. The number of halogens is 2. The summed E-state index contributed by atoms with van der Waals surface area (Å²) < 4.78 is 28.6. The number of fused-ring (bicyclic) bond motifs is 1. The topological polar surface area (TPSA) is 62.5 Å². The smallest absolute Gasteiger partial charge is 0.271 e. The Balaban J connectivity index is 1.44. The molecule has 6 nitrogen and oxygen atoms in total. The summed E-state index contributed by atoms with van der Waals surface area (Å²) in [5.74, 6) is -1.05. The van der Waals surface area contributed by atoms with Gasteiger partial charge in [0, 0.05) is 43.8 Å². The predicted octanol–water partition coefficient (Wildman–Crippen LogP) is 2.02. The van der Waals surface area contributed by atoms with Crippen LogP contribution in [-0.2, 0) is 0 Å². The van der Waals surface area contributed by atoms with Crippen molar-refractivity contribution >= 4 is 17.4 Å². The van der Waals surface area contributed by atoms with E-state index >= 15 is 0 Å². The Bertz CT molecular complexity index is 909. The van der Waals surface area contributed by atoms with Crippen LogP contribution in [0.1, 0.15) is 16.9 Å². The number of hydrogen-bond donors (Lipinski definition) is 1. The first-order valence-electron chi connectivity index (χ1n) is 7.91. The van der Waals surface area contributed by atoms with Crippen molar-refractivity contribution in [1.82, 2.24) is 19.7 Å². The Labute approximate surface area is 142 Å². The van der Waals surface area contributed by atoms with Gasteiger partial charge in [0.25, 0.3) is 5.91 Å². The van der Waals surface area contributed by atoms with Crippen LogP contribution in [0.4, 0.5) is 14.5 Å². The van der Waals surface area contributed by atoms with Gasteiger partial charge in [0.05, 0.1) is 5.69 Å². The van der Waals surface area contributed by atoms with Crippen LogP contribution >= 0.6 is 0 Å². The molecule has 1 saturated heterocycles. The van der Waals surface area contributed by atoms with Gasteiger partial charge in [0.2, 0.25) is 5.78 Å². The summed E-state index contributed by atoms with van der Waals surface area (Å²) in [5, 5.41) is 2.91. The van der Waals surface area contributed by atoms with Crippen molar-refractivity contribution in [1.29, 1.82) is 0 Å². The van der Waals surface area contributed by atoms with E-state index in [-0.39, 0.29) is 17.6 Å². The fraction of sp³-hybridized carbons (Fsp3) is 0.235. The summed E-state index contributed by atoms with van der Waals surface area (Å²) in [4.78, 5) is 22.4. The molecule has 1 amide bonds. The van der Waals surface area contributed by atoms with Gasteiger partial charge in [-0.2, -0.15) is 0 Å². The molecule has 0 unspecified atom stereocenters. The second-order valence-corrected chi connectivity index (χ2v) is 5.95. The molecule has 0 spiro atoms. The number of hydrogen-bond acceptors (Lipinski definition) is 4. The Hall–Kier alpha value is -3.03. The van der Waals surface area contributed by atoms with E-state index in [2.05, 4.69) is 15.3 Å². The lowest BCUT2D eigenvalue weighted by Crippen LogP contribution is -2.37. The van der Waals surface area contributed by atoms with Crippen LogP contribution < -0.4 is 10.2 Å². The quantitative estimate of drug-likeness (QED) is 0.790. The third-order valence-electron chi connectivity index (χ3n) is 4.24. The minimum atomic E-state index is -0.606. The van der Waals surface area contributed by atoms with Gasteiger partial charge in [-0.25, -0.2) is 18.7 Å². The molecule has 3 heterocycles. The molecule has 0 radical (unpaired) electrons. The normalized spacial score (nSPS) is 17.2. The molecule has 2 aromatic heterocycles. The fourth-order valence-corrected chi connectivity index (χ4v) is 3.03. The zero-order valence-electron chi connectivity index (χ0n) is 13.2. The molecule has 0 saturated carbocycles.